The summed E-state index contributed by atoms with van der Waals surface area (Å²) in [6, 6.07) is 32.0. The molecule has 10 rings (SSSR count). The third-order valence-electron chi connectivity index (χ3n) is 16.8. The van der Waals surface area contributed by atoms with Crippen molar-refractivity contribution >= 4 is 68.4 Å². The lowest BCUT2D eigenvalue weighted by atomic mass is 9.33. The zero-order valence-electron chi connectivity index (χ0n) is 43.2. The van der Waals surface area contributed by atoms with Gasteiger partial charge >= 0.3 is 0 Å². The van der Waals surface area contributed by atoms with E-state index in [-0.39, 0.29) is 44.6 Å². The summed E-state index contributed by atoms with van der Waals surface area (Å²) in [5.41, 5.74) is 22.7. The second-order valence-corrected chi connectivity index (χ2v) is 26.5. The van der Waals surface area contributed by atoms with E-state index in [1.165, 1.54) is 115 Å². The normalized spacial score (nSPS) is 19.1. The van der Waals surface area contributed by atoms with Crippen LogP contribution in [0.1, 0.15) is 188 Å². The van der Waals surface area contributed by atoms with Crippen LogP contribution >= 0.6 is 0 Å². The number of hydrogen-bond acceptors (Lipinski definition) is 3. The summed E-state index contributed by atoms with van der Waals surface area (Å²) < 4.78 is 7.35. The van der Waals surface area contributed by atoms with E-state index in [1.807, 2.05) is 0 Å². The molecule has 4 heteroatoms. The fourth-order valence-corrected chi connectivity index (χ4v) is 12.1. The molecule has 0 N–H and O–H groups in total. The fourth-order valence-electron chi connectivity index (χ4n) is 12.1. The Bertz CT molecular complexity index is 2950. The first-order chi connectivity index (χ1) is 30.0. The summed E-state index contributed by atoms with van der Waals surface area (Å²) in [6.07, 6.45) is 4.71. The van der Waals surface area contributed by atoms with Crippen LogP contribution in [0.25, 0.3) is 11.0 Å². The van der Waals surface area contributed by atoms with Crippen molar-refractivity contribution in [1.82, 2.24) is 0 Å². The molecule has 0 atom stereocenters. The summed E-state index contributed by atoms with van der Waals surface area (Å²) in [5.74, 6) is 0.940. The molecule has 0 saturated heterocycles. The highest BCUT2D eigenvalue weighted by Crippen LogP contribution is 2.54. The van der Waals surface area contributed by atoms with Gasteiger partial charge in [0.05, 0.1) is 0 Å². The van der Waals surface area contributed by atoms with Crippen LogP contribution in [0.5, 0.6) is 0 Å². The largest absolute Gasteiger partial charge is 0.440 e. The average Bonchev–Trinajstić information content (AvgIpc) is 3.58. The quantitative estimate of drug-likeness (QED) is 0.161. The predicted molar refractivity (Wildman–Crippen MR) is 282 cm³/mol. The van der Waals surface area contributed by atoms with E-state index >= 15 is 0 Å². The van der Waals surface area contributed by atoms with Crippen LogP contribution in [0, 0.1) is 6.92 Å². The Morgan fingerprint density at radius 1 is 0.462 bits per heavy atom. The van der Waals surface area contributed by atoms with Crippen LogP contribution < -0.4 is 26.2 Å². The van der Waals surface area contributed by atoms with Gasteiger partial charge in [-0.1, -0.05) is 148 Å². The van der Waals surface area contributed by atoms with Crippen molar-refractivity contribution in [3.8, 4) is 0 Å². The molecule has 0 saturated carbocycles. The molecule has 6 aromatic rings. The molecular weight excluding hydrogens is 787 g/mol. The minimum absolute atomic E-state index is 0.0254. The monoisotopic (exact) mass is 863 g/mol. The van der Waals surface area contributed by atoms with Gasteiger partial charge in [-0.25, -0.2) is 0 Å². The Hall–Kier alpha value is -4.70. The molecule has 2 aliphatic heterocycles. The standard InChI is InChI=1S/C61H75BN2O/c1-36-29-42-44(60(15,16)27-25-58(42,11)12)34-47(36)64-48-35-45-43(59(13,14)26-28-61(45,17)18)33-46(48)62-52-41-30-38(56(5,6)7)21-24-51(41)65-54(52)63(40-22-19-37(20-23-40)55(2,3)4)49-31-39(57(8,9)10)32-50(64)53(49)62/h19-24,29-35H,25-28H2,1-18H3. The Morgan fingerprint density at radius 3 is 1.45 bits per heavy atom. The highest BCUT2D eigenvalue weighted by atomic mass is 16.4. The summed E-state index contributed by atoms with van der Waals surface area (Å²) >= 11 is 0. The maximum Gasteiger partial charge on any atom is 0.257 e. The second-order valence-electron chi connectivity index (χ2n) is 26.5. The molecule has 338 valence electrons. The minimum Gasteiger partial charge on any atom is -0.440 e. The molecule has 0 amide bonds. The van der Waals surface area contributed by atoms with E-state index in [4.69, 9.17) is 4.42 Å². The summed E-state index contributed by atoms with van der Waals surface area (Å²) in [5, 5.41) is 1.22. The molecule has 3 heterocycles. The fraction of sp³-hybridized carbons (Fsp3) is 0.475. The molecule has 0 unspecified atom stereocenters. The SMILES string of the molecule is Cc1cc2c(cc1N1c3cc4c(cc3B3c5c1cc(C(C)(C)C)cc5N(c1ccc(C(C)(C)C)cc1)c1oc5ccc(C(C)(C)C)cc5c13)C(C)(C)CCC4(C)C)C(C)(C)CCC2(C)C. The average molecular weight is 863 g/mol. The number of anilines is 6. The highest BCUT2D eigenvalue weighted by molar-refractivity contribution is 7.01. The molecule has 0 fully saturated rings. The maximum absolute atomic E-state index is 7.35. The van der Waals surface area contributed by atoms with Gasteiger partial charge in [-0.15, -0.1) is 0 Å². The lowest BCUT2D eigenvalue weighted by Gasteiger charge is -2.48. The van der Waals surface area contributed by atoms with E-state index in [0.717, 1.165) is 17.2 Å². The Labute approximate surface area is 392 Å². The minimum atomic E-state index is -0.122. The molecule has 0 spiro atoms. The summed E-state index contributed by atoms with van der Waals surface area (Å²) in [6.45, 7) is 43.2. The number of nitrogens with zero attached hydrogens (tertiary/aromatic N) is 2. The topological polar surface area (TPSA) is 19.6 Å². The van der Waals surface area contributed by atoms with Crippen molar-refractivity contribution in [3.05, 3.63) is 123 Å². The zero-order chi connectivity index (χ0) is 46.9. The molecule has 4 aliphatic rings. The van der Waals surface area contributed by atoms with Gasteiger partial charge in [0.15, 0.2) is 0 Å². The van der Waals surface area contributed by atoms with Gasteiger partial charge in [0.1, 0.15) is 5.58 Å². The van der Waals surface area contributed by atoms with E-state index in [9.17, 15) is 0 Å². The Kier molecular flexibility index (Phi) is 9.31. The molecule has 2 aliphatic carbocycles. The van der Waals surface area contributed by atoms with Crippen molar-refractivity contribution < 1.29 is 4.42 Å². The second kappa shape index (κ2) is 13.7. The van der Waals surface area contributed by atoms with Gasteiger partial charge in [0.2, 0.25) is 5.88 Å². The molecule has 0 bridgehead atoms. The molecule has 65 heavy (non-hydrogen) atoms. The van der Waals surface area contributed by atoms with Gasteiger partial charge in [0, 0.05) is 39.3 Å². The van der Waals surface area contributed by atoms with E-state index < -0.39 is 0 Å². The van der Waals surface area contributed by atoms with Gasteiger partial charge in [-0.2, -0.15) is 0 Å². The third kappa shape index (κ3) is 6.71. The van der Waals surface area contributed by atoms with Crippen LogP contribution in [0.2, 0.25) is 0 Å². The van der Waals surface area contributed by atoms with E-state index in [0.29, 0.717) is 0 Å². The number of aryl methyl sites for hydroxylation is 1. The molecule has 3 nitrogen and oxygen atoms in total. The predicted octanol–water partition coefficient (Wildman–Crippen LogP) is 15.4. The Balaban J connectivity index is 1.39. The third-order valence-corrected chi connectivity index (χ3v) is 16.8. The maximum atomic E-state index is 7.35. The summed E-state index contributed by atoms with van der Waals surface area (Å²) in [7, 11) is 0. The van der Waals surface area contributed by atoms with Crippen molar-refractivity contribution in [2.24, 2.45) is 0 Å². The first-order valence-electron chi connectivity index (χ1n) is 24.8. The highest BCUT2D eigenvalue weighted by Gasteiger charge is 2.50. The smallest absolute Gasteiger partial charge is 0.257 e. The van der Waals surface area contributed by atoms with Crippen molar-refractivity contribution in [3.63, 3.8) is 0 Å². The number of rotatable bonds is 2. The molecule has 0 radical (unpaired) electrons. The van der Waals surface area contributed by atoms with Crippen LogP contribution in [-0.4, -0.2) is 6.71 Å². The van der Waals surface area contributed by atoms with Gasteiger partial charge in [-0.3, -0.25) is 4.90 Å². The van der Waals surface area contributed by atoms with Gasteiger partial charge < -0.3 is 9.32 Å². The van der Waals surface area contributed by atoms with Gasteiger partial charge in [-0.05, 0) is 174 Å². The summed E-state index contributed by atoms with van der Waals surface area (Å²) in [4.78, 5) is 5.23. The molecule has 1 aromatic heterocycles. The van der Waals surface area contributed by atoms with Gasteiger partial charge in [0.25, 0.3) is 6.71 Å². The Morgan fingerprint density at radius 2 is 0.923 bits per heavy atom. The number of fused-ring (bicyclic) bond motifs is 8. The van der Waals surface area contributed by atoms with Crippen LogP contribution in [0.4, 0.5) is 34.3 Å². The zero-order valence-corrected chi connectivity index (χ0v) is 43.2. The van der Waals surface area contributed by atoms with Crippen LogP contribution in [0.15, 0.2) is 83.3 Å². The van der Waals surface area contributed by atoms with Crippen LogP contribution in [-0.2, 0) is 37.9 Å². The lowest BCUT2D eigenvalue weighted by Crippen LogP contribution is -2.61. The lowest BCUT2D eigenvalue weighted by molar-refractivity contribution is 0.331. The first-order valence-corrected chi connectivity index (χ1v) is 24.8. The number of hydrogen-bond donors (Lipinski definition) is 0. The molecule has 5 aromatic carbocycles. The van der Waals surface area contributed by atoms with E-state index in [1.54, 1.807) is 0 Å². The molecular formula is C61H75BN2O. The number of benzene rings is 5. The van der Waals surface area contributed by atoms with Crippen molar-refractivity contribution in [2.75, 3.05) is 9.80 Å². The van der Waals surface area contributed by atoms with Crippen LogP contribution in [0.3, 0.4) is 0 Å². The van der Waals surface area contributed by atoms with Crippen molar-refractivity contribution in [2.45, 2.75) is 188 Å². The first kappa shape index (κ1) is 44.2. The van der Waals surface area contributed by atoms with E-state index in [2.05, 4.69) is 213 Å². The van der Waals surface area contributed by atoms with Crippen molar-refractivity contribution in [1.29, 1.82) is 0 Å². The number of furan rings is 1.